The van der Waals surface area contributed by atoms with Crippen molar-refractivity contribution in [1.29, 1.82) is 0 Å². The van der Waals surface area contributed by atoms with E-state index in [1.165, 1.54) is 6.07 Å². The lowest BCUT2D eigenvalue weighted by molar-refractivity contribution is 0.415. The maximum Gasteiger partial charge on any atom is 0.126 e. The second kappa shape index (κ2) is 6.13. The van der Waals surface area contributed by atoms with Crippen LogP contribution in [0.3, 0.4) is 0 Å². The highest BCUT2D eigenvalue weighted by Crippen LogP contribution is 2.32. The van der Waals surface area contributed by atoms with Crippen molar-refractivity contribution < 1.29 is 14.2 Å². The predicted molar refractivity (Wildman–Crippen MR) is 80.8 cm³/mol. The fraction of sp³-hybridized carbons (Fsp3) is 0.200. The fourth-order valence-electron chi connectivity index (χ4n) is 1.94. The summed E-state index contributed by atoms with van der Waals surface area (Å²) >= 11 is 3.45. The number of phenols is 1. The minimum Gasteiger partial charge on any atom is -0.507 e. The zero-order valence-corrected chi connectivity index (χ0v) is 12.7. The van der Waals surface area contributed by atoms with Gasteiger partial charge in [0.05, 0.1) is 18.8 Å². The van der Waals surface area contributed by atoms with E-state index in [1.807, 2.05) is 25.1 Å². The van der Waals surface area contributed by atoms with Crippen molar-refractivity contribution in [3.63, 3.8) is 0 Å². The molecule has 106 valence electrons. The van der Waals surface area contributed by atoms with E-state index in [4.69, 9.17) is 4.74 Å². The average Bonchev–Trinajstić information content (AvgIpc) is 2.41. The lowest BCUT2D eigenvalue weighted by Gasteiger charge is -2.18. The van der Waals surface area contributed by atoms with Gasteiger partial charge in [-0.1, -0.05) is 6.07 Å². The fourth-order valence-corrected chi connectivity index (χ4v) is 2.30. The molecular formula is C15H15BrFNO2. The van der Waals surface area contributed by atoms with Gasteiger partial charge in [0.15, 0.2) is 0 Å². The molecule has 20 heavy (non-hydrogen) atoms. The summed E-state index contributed by atoms with van der Waals surface area (Å²) in [6, 6.07) is 9.38. The van der Waals surface area contributed by atoms with Crippen LogP contribution in [0.4, 0.5) is 10.1 Å². The third-order valence-electron chi connectivity index (χ3n) is 3.00. The Labute approximate surface area is 125 Å². The summed E-state index contributed by atoms with van der Waals surface area (Å²) in [4.78, 5) is 0. The van der Waals surface area contributed by atoms with Crippen molar-refractivity contribution in [2.24, 2.45) is 0 Å². The Morgan fingerprint density at radius 3 is 2.65 bits per heavy atom. The highest BCUT2D eigenvalue weighted by Gasteiger charge is 2.12. The monoisotopic (exact) mass is 339 g/mol. The van der Waals surface area contributed by atoms with Gasteiger partial charge in [0.1, 0.15) is 17.3 Å². The van der Waals surface area contributed by atoms with E-state index in [0.717, 1.165) is 22.0 Å². The van der Waals surface area contributed by atoms with Crippen molar-refractivity contribution in [1.82, 2.24) is 0 Å². The van der Waals surface area contributed by atoms with E-state index >= 15 is 0 Å². The molecule has 3 nitrogen and oxygen atoms in total. The lowest BCUT2D eigenvalue weighted by atomic mass is 10.1. The van der Waals surface area contributed by atoms with Gasteiger partial charge >= 0.3 is 0 Å². The van der Waals surface area contributed by atoms with Crippen LogP contribution in [0.2, 0.25) is 0 Å². The summed E-state index contributed by atoms with van der Waals surface area (Å²) in [7, 11) is 1.60. The second-order valence-corrected chi connectivity index (χ2v) is 5.27. The van der Waals surface area contributed by atoms with E-state index < -0.39 is 5.82 Å². The highest BCUT2D eigenvalue weighted by molar-refractivity contribution is 9.10. The summed E-state index contributed by atoms with van der Waals surface area (Å²) in [6.45, 7) is 1.89. The molecule has 0 radical (unpaired) electrons. The molecule has 0 aromatic heterocycles. The van der Waals surface area contributed by atoms with Gasteiger partial charge in [-0.2, -0.15) is 0 Å². The number of hydrogen-bond acceptors (Lipinski definition) is 3. The highest BCUT2D eigenvalue weighted by atomic mass is 79.9. The van der Waals surface area contributed by atoms with Gasteiger partial charge in [-0.3, -0.25) is 0 Å². The standard InChI is InChI=1S/C15H15BrFNO2/c1-9(12-5-3-10(17)7-15(12)19)18-14-8-11(20-2)4-6-13(14)16/h3-9,18-19H,1-2H3. The van der Waals surface area contributed by atoms with E-state index in [-0.39, 0.29) is 11.8 Å². The van der Waals surface area contributed by atoms with Gasteiger partial charge in [-0.15, -0.1) is 0 Å². The molecule has 0 saturated carbocycles. The van der Waals surface area contributed by atoms with Gasteiger partial charge in [-0.25, -0.2) is 4.39 Å². The number of benzene rings is 2. The van der Waals surface area contributed by atoms with Gasteiger partial charge in [0, 0.05) is 22.2 Å². The first kappa shape index (κ1) is 14.7. The average molecular weight is 340 g/mol. The number of methoxy groups -OCH3 is 1. The smallest absolute Gasteiger partial charge is 0.126 e. The van der Waals surface area contributed by atoms with E-state index in [2.05, 4.69) is 21.2 Å². The number of ether oxygens (including phenoxy) is 1. The molecule has 0 amide bonds. The van der Waals surface area contributed by atoms with Crippen LogP contribution in [-0.4, -0.2) is 12.2 Å². The Morgan fingerprint density at radius 1 is 1.25 bits per heavy atom. The lowest BCUT2D eigenvalue weighted by Crippen LogP contribution is -2.07. The summed E-state index contributed by atoms with van der Waals surface area (Å²) < 4.78 is 19.1. The third-order valence-corrected chi connectivity index (χ3v) is 3.70. The Balaban J connectivity index is 2.25. The Morgan fingerprint density at radius 2 is 2.00 bits per heavy atom. The maximum absolute atomic E-state index is 13.0. The Kier molecular flexibility index (Phi) is 4.49. The summed E-state index contributed by atoms with van der Waals surface area (Å²) in [5.74, 6) is 0.205. The van der Waals surface area contributed by atoms with Crippen LogP contribution in [0, 0.1) is 5.82 Å². The zero-order valence-electron chi connectivity index (χ0n) is 11.2. The van der Waals surface area contributed by atoms with Gasteiger partial charge < -0.3 is 15.2 Å². The molecular weight excluding hydrogens is 325 g/mol. The molecule has 0 bridgehead atoms. The molecule has 0 aliphatic heterocycles. The molecule has 2 aromatic carbocycles. The van der Waals surface area contributed by atoms with E-state index in [9.17, 15) is 9.50 Å². The molecule has 0 fully saturated rings. The van der Waals surface area contributed by atoms with Crippen molar-refractivity contribution in [2.75, 3.05) is 12.4 Å². The molecule has 2 N–H and O–H groups in total. The topological polar surface area (TPSA) is 41.5 Å². The molecule has 0 aliphatic rings. The van der Waals surface area contributed by atoms with Crippen molar-refractivity contribution >= 4 is 21.6 Å². The number of nitrogens with one attached hydrogen (secondary N) is 1. The van der Waals surface area contributed by atoms with Gasteiger partial charge in [0.25, 0.3) is 0 Å². The first-order valence-corrected chi connectivity index (χ1v) is 6.89. The summed E-state index contributed by atoms with van der Waals surface area (Å²) in [5.41, 5.74) is 1.46. The Hall–Kier alpha value is -1.75. The van der Waals surface area contributed by atoms with Crippen LogP contribution in [0.15, 0.2) is 40.9 Å². The van der Waals surface area contributed by atoms with Crippen molar-refractivity contribution in [3.05, 3.63) is 52.3 Å². The number of halogens is 2. The normalized spacial score (nSPS) is 12.0. The molecule has 2 aromatic rings. The van der Waals surface area contributed by atoms with Crippen LogP contribution >= 0.6 is 15.9 Å². The Bertz CT molecular complexity index is 619. The minimum atomic E-state index is -0.457. The zero-order chi connectivity index (χ0) is 14.7. The van der Waals surface area contributed by atoms with E-state index in [0.29, 0.717) is 5.56 Å². The van der Waals surface area contributed by atoms with Crippen LogP contribution in [0.25, 0.3) is 0 Å². The predicted octanol–water partition coefficient (Wildman–Crippen LogP) is 4.48. The molecule has 2 rings (SSSR count). The first-order chi connectivity index (χ1) is 9.51. The molecule has 1 unspecified atom stereocenters. The quantitative estimate of drug-likeness (QED) is 0.863. The molecule has 0 heterocycles. The number of phenolic OH excluding ortho intramolecular Hbond substituents is 1. The largest absolute Gasteiger partial charge is 0.507 e. The first-order valence-electron chi connectivity index (χ1n) is 6.09. The van der Waals surface area contributed by atoms with Crippen molar-refractivity contribution in [3.8, 4) is 11.5 Å². The minimum absolute atomic E-state index is 0.0657. The summed E-state index contributed by atoms with van der Waals surface area (Å²) in [6.07, 6.45) is 0. The second-order valence-electron chi connectivity index (χ2n) is 4.41. The molecule has 0 aliphatic carbocycles. The SMILES string of the molecule is COc1ccc(Br)c(NC(C)c2ccc(F)cc2O)c1. The maximum atomic E-state index is 13.0. The third kappa shape index (κ3) is 3.22. The number of rotatable bonds is 4. The van der Waals surface area contributed by atoms with Crippen molar-refractivity contribution in [2.45, 2.75) is 13.0 Å². The number of hydrogen-bond donors (Lipinski definition) is 2. The van der Waals surface area contributed by atoms with Gasteiger partial charge in [-0.05, 0) is 41.1 Å². The number of aromatic hydroxyl groups is 1. The summed E-state index contributed by atoms with van der Waals surface area (Å²) in [5, 5.41) is 13.0. The number of anilines is 1. The molecule has 1 atom stereocenters. The molecule has 0 saturated heterocycles. The van der Waals surface area contributed by atoms with Crippen LogP contribution in [0.1, 0.15) is 18.5 Å². The van der Waals surface area contributed by atoms with Crippen LogP contribution < -0.4 is 10.1 Å². The van der Waals surface area contributed by atoms with Crippen LogP contribution in [0.5, 0.6) is 11.5 Å². The van der Waals surface area contributed by atoms with Gasteiger partial charge in [0.2, 0.25) is 0 Å². The van der Waals surface area contributed by atoms with Crippen LogP contribution in [-0.2, 0) is 0 Å². The molecule has 5 heteroatoms. The van der Waals surface area contributed by atoms with E-state index in [1.54, 1.807) is 13.2 Å². The molecule has 0 spiro atoms.